The number of fused-ring (bicyclic) bond motifs is 1. The van der Waals surface area contributed by atoms with Gasteiger partial charge in [-0.15, -0.1) is 0 Å². The molecule has 11 heteroatoms. The van der Waals surface area contributed by atoms with Crippen LogP contribution in [0.15, 0.2) is 18.3 Å². The number of halogens is 3. The van der Waals surface area contributed by atoms with Crippen LogP contribution in [0.3, 0.4) is 0 Å². The van der Waals surface area contributed by atoms with Crippen molar-refractivity contribution in [2.24, 2.45) is 0 Å². The lowest BCUT2D eigenvalue weighted by atomic mass is 9.93. The minimum absolute atomic E-state index is 0. The van der Waals surface area contributed by atoms with E-state index in [0.717, 1.165) is 25.7 Å². The van der Waals surface area contributed by atoms with E-state index in [1.807, 2.05) is 0 Å². The first-order valence-electron chi connectivity index (χ1n) is 10.7. The third kappa shape index (κ3) is 4.74. The summed E-state index contributed by atoms with van der Waals surface area (Å²) in [5.74, 6) is -2.52. The minimum Gasteiger partial charge on any atom is -0.393 e. The van der Waals surface area contributed by atoms with E-state index in [9.17, 15) is 18.3 Å². The molecule has 3 heterocycles. The molecule has 0 spiro atoms. The first-order chi connectivity index (χ1) is 15.5. The number of aliphatic hydroxyl groups is 1. The topological polar surface area (TPSA) is 97.1 Å². The zero-order valence-corrected chi connectivity index (χ0v) is 17.2. The highest BCUT2D eigenvalue weighted by Crippen LogP contribution is 2.32. The molecule has 5 rings (SSSR count). The number of aromatic nitrogens is 4. The van der Waals surface area contributed by atoms with Gasteiger partial charge in [0.25, 0.3) is 0 Å². The summed E-state index contributed by atoms with van der Waals surface area (Å²) in [6.07, 6.45) is 5.04. The molecule has 1 aromatic carbocycles. The molecule has 2 fully saturated rings. The molecule has 33 heavy (non-hydrogen) atoms. The number of anilines is 3. The molecule has 1 aliphatic heterocycles. The smallest absolute Gasteiger partial charge is 0.224 e. The van der Waals surface area contributed by atoms with Gasteiger partial charge in [0.1, 0.15) is 17.0 Å². The number of rotatable bonds is 5. The van der Waals surface area contributed by atoms with Crippen molar-refractivity contribution >= 4 is 28.7 Å². The van der Waals surface area contributed by atoms with Crippen molar-refractivity contribution in [3.8, 4) is 0 Å². The lowest BCUT2D eigenvalue weighted by molar-refractivity contribution is 0.126. The Labute approximate surface area is 189 Å². The number of hydrogen-bond acceptors (Lipinski definition) is 7. The lowest BCUT2D eigenvalue weighted by Crippen LogP contribution is -2.29. The van der Waals surface area contributed by atoms with Crippen molar-refractivity contribution in [2.75, 3.05) is 23.8 Å². The first kappa shape index (κ1) is 23.2. The van der Waals surface area contributed by atoms with Crippen LogP contribution in [0.1, 0.15) is 45.6 Å². The van der Waals surface area contributed by atoms with E-state index in [1.54, 1.807) is 10.8 Å². The van der Waals surface area contributed by atoms with E-state index in [4.69, 9.17) is 4.74 Å². The maximum Gasteiger partial charge on any atom is 0.224 e. The molecule has 0 unspecified atom stereocenters. The highest BCUT2D eigenvalue weighted by atomic mass is 19.1. The normalized spacial score (nSPS) is 22.8. The van der Waals surface area contributed by atoms with Gasteiger partial charge in [-0.3, -0.25) is 4.57 Å². The van der Waals surface area contributed by atoms with Gasteiger partial charge in [0, 0.05) is 24.8 Å². The van der Waals surface area contributed by atoms with Gasteiger partial charge in [-0.1, -0.05) is 7.43 Å². The van der Waals surface area contributed by atoms with Gasteiger partial charge < -0.3 is 20.5 Å². The van der Waals surface area contributed by atoms with Crippen LogP contribution in [0, 0.1) is 17.5 Å². The van der Waals surface area contributed by atoms with Gasteiger partial charge in [0.05, 0.1) is 24.9 Å². The molecule has 0 amide bonds. The number of imidazole rings is 1. The van der Waals surface area contributed by atoms with Crippen LogP contribution >= 0.6 is 0 Å². The van der Waals surface area contributed by atoms with Crippen molar-refractivity contribution in [3.05, 3.63) is 35.8 Å². The quantitative estimate of drug-likeness (QED) is 0.518. The van der Waals surface area contributed by atoms with E-state index < -0.39 is 23.1 Å². The summed E-state index contributed by atoms with van der Waals surface area (Å²) < 4.78 is 49.1. The summed E-state index contributed by atoms with van der Waals surface area (Å²) in [5, 5.41) is 15.7. The van der Waals surface area contributed by atoms with Crippen molar-refractivity contribution in [2.45, 2.75) is 57.7 Å². The number of hydrogen-bond donors (Lipinski definition) is 3. The number of benzene rings is 1. The Morgan fingerprint density at radius 1 is 1.03 bits per heavy atom. The number of aliphatic hydroxyl groups excluding tert-OH is 1. The average molecular weight is 464 g/mol. The van der Waals surface area contributed by atoms with Crippen LogP contribution in [0.25, 0.3) is 11.2 Å². The molecule has 2 aromatic heterocycles. The van der Waals surface area contributed by atoms with Crippen LogP contribution in [0.2, 0.25) is 0 Å². The Balaban J connectivity index is 0.00000259. The number of nitrogens with one attached hydrogen (secondary N) is 2. The second-order valence-corrected chi connectivity index (χ2v) is 8.24. The molecule has 1 aliphatic carbocycles. The Hall–Kier alpha value is -2.92. The van der Waals surface area contributed by atoms with Crippen molar-refractivity contribution in [3.63, 3.8) is 0 Å². The molecule has 1 saturated heterocycles. The first-order valence-corrected chi connectivity index (χ1v) is 10.7. The maximum absolute atomic E-state index is 14.3. The van der Waals surface area contributed by atoms with Crippen LogP contribution < -0.4 is 10.6 Å². The van der Waals surface area contributed by atoms with Crippen LogP contribution in [-0.4, -0.2) is 50.0 Å². The Morgan fingerprint density at radius 2 is 1.76 bits per heavy atom. The molecular weight excluding hydrogens is 437 g/mol. The molecule has 0 radical (unpaired) electrons. The van der Waals surface area contributed by atoms with Gasteiger partial charge in [0.15, 0.2) is 17.3 Å². The van der Waals surface area contributed by atoms with Crippen LogP contribution in [0.5, 0.6) is 0 Å². The Bertz CT molecular complexity index is 1100. The Morgan fingerprint density at radius 3 is 2.42 bits per heavy atom. The molecule has 1 saturated carbocycles. The monoisotopic (exact) mass is 464 g/mol. The molecule has 8 nitrogen and oxygen atoms in total. The summed E-state index contributed by atoms with van der Waals surface area (Å²) in [6, 6.07) is 1.24. The minimum atomic E-state index is -1.06. The second kappa shape index (κ2) is 9.52. The SMILES string of the molecule is C.OC1CCC(Nc2ncc3nc(Nc4c(F)cc(F)cc4F)n([C@@H]4CCOC4)c3n2)CC1. The third-order valence-electron chi connectivity index (χ3n) is 5.98. The predicted molar refractivity (Wildman–Crippen MR) is 118 cm³/mol. The third-order valence-corrected chi connectivity index (χ3v) is 5.98. The lowest BCUT2D eigenvalue weighted by Gasteiger charge is -2.26. The van der Waals surface area contributed by atoms with E-state index >= 15 is 0 Å². The molecule has 3 aromatic rings. The highest BCUT2D eigenvalue weighted by Gasteiger charge is 2.27. The van der Waals surface area contributed by atoms with Crippen molar-refractivity contribution in [1.82, 2.24) is 19.5 Å². The number of ether oxygens (including phenoxy) is 1. The van der Waals surface area contributed by atoms with Gasteiger partial charge in [-0.25, -0.2) is 23.1 Å². The molecule has 0 bridgehead atoms. The predicted octanol–water partition coefficient (Wildman–Crippen LogP) is 4.30. The summed E-state index contributed by atoms with van der Waals surface area (Å²) in [5.41, 5.74) is 0.458. The summed E-state index contributed by atoms with van der Waals surface area (Å²) in [6.45, 7) is 0.950. The zero-order valence-electron chi connectivity index (χ0n) is 17.2. The highest BCUT2D eigenvalue weighted by molar-refractivity contribution is 5.76. The zero-order chi connectivity index (χ0) is 22.2. The van der Waals surface area contributed by atoms with Gasteiger partial charge in [0.2, 0.25) is 11.9 Å². The number of nitrogens with zero attached hydrogens (tertiary/aromatic N) is 4. The molecule has 3 N–H and O–H groups in total. The van der Waals surface area contributed by atoms with Gasteiger partial charge in [-0.2, -0.15) is 4.98 Å². The van der Waals surface area contributed by atoms with E-state index in [0.29, 0.717) is 48.9 Å². The van der Waals surface area contributed by atoms with E-state index in [-0.39, 0.29) is 31.6 Å². The standard InChI is InChI=1S/C21H23F3N6O2.CH4/c22-11-7-15(23)18(16(24)8-11)28-21-27-17-9-25-20(26-12-1-3-14(31)4-2-12)29-19(17)30(21)13-5-6-32-10-13;/h7-9,12-14,31H,1-6,10H2,(H,27,28)(H,25,26,29);1H4/t12?,13-,14?;/m1./s1. The largest absolute Gasteiger partial charge is 0.393 e. The summed E-state index contributed by atoms with van der Waals surface area (Å²) >= 11 is 0. The fraction of sp³-hybridized carbons (Fsp3) is 0.500. The van der Waals surface area contributed by atoms with Crippen LogP contribution in [0.4, 0.5) is 30.8 Å². The fourth-order valence-electron chi connectivity index (χ4n) is 4.30. The maximum atomic E-state index is 14.3. The fourth-order valence-corrected chi connectivity index (χ4v) is 4.30. The van der Waals surface area contributed by atoms with Gasteiger partial charge >= 0.3 is 0 Å². The summed E-state index contributed by atoms with van der Waals surface area (Å²) in [7, 11) is 0. The Kier molecular flexibility index (Phi) is 6.71. The van der Waals surface area contributed by atoms with Gasteiger partial charge in [-0.05, 0) is 32.1 Å². The van der Waals surface area contributed by atoms with Crippen LogP contribution in [-0.2, 0) is 4.74 Å². The van der Waals surface area contributed by atoms with E-state index in [1.165, 1.54) is 0 Å². The average Bonchev–Trinajstić information content (AvgIpc) is 3.39. The molecular formula is C22H27F3N6O2. The molecule has 2 aliphatic rings. The summed E-state index contributed by atoms with van der Waals surface area (Å²) in [4.78, 5) is 13.4. The second-order valence-electron chi connectivity index (χ2n) is 8.24. The van der Waals surface area contributed by atoms with E-state index in [2.05, 4.69) is 25.6 Å². The van der Waals surface area contributed by atoms with Crippen molar-refractivity contribution < 1.29 is 23.0 Å². The molecule has 1 atom stereocenters. The molecule has 178 valence electrons. The van der Waals surface area contributed by atoms with Crippen molar-refractivity contribution in [1.29, 1.82) is 0 Å².